The first-order valence-electron chi connectivity index (χ1n) is 2.00. The molecule has 1 aliphatic rings. The Labute approximate surface area is 37.4 Å². The minimum Gasteiger partial charge on any atom is -0.269 e. The molecule has 0 amide bonds. The average Bonchev–Trinajstić information content (AvgIpc) is 1.72. The highest BCUT2D eigenvalue weighted by molar-refractivity contribution is 5.69. The summed E-state index contributed by atoms with van der Waals surface area (Å²) in [6.45, 7) is 0. The molecule has 1 nitrogen and oxygen atoms in total. The molecule has 0 atom stereocenters. The maximum atomic E-state index is 3.82. The van der Waals surface area contributed by atoms with E-state index in [2.05, 4.69) is 4.99 Å². The van der Waals surface area contributed by atoms with Crippen molar-refractivity contribution in [1.82, 2.24) is 0 Å². The third-order valence-electron chi connectivity index (χ3n) is 0.655. The Bertz CT molecular complexity index is 69.9. The van der Waals surface area contributed by atoms with Gasteiger partial charge < -0.3 is 0 Å². The van der Waals surface area contributed by atoms with Crippen LogP contribution in [-0.2, 0) is 0 Å². The normalized spacial score (nSPS) is 18.7. The van der Waals surface area contributed by atoms with E-state index in [1.54, 1.807) is 12.4 Å². The first-order valence-corrected chi connectivity index (χ1v) is 2.00. The monoisotopic (exact) mass is 80.1 g/mol. The second-order valence-electron chi connectivity index (χ2n) is 1.15. The SMILES string of the molecule is [CH]1C=NC=CC1. The third kappa shape index (κ3) is 0.677. The Morgan fingerprint density at radius 1 is 1.50 bits per heavy atom. The molecule has 0 aromatic carbocycles. The van der Waals surface area contributed by atoms with E-state index < -0.39 is 0 Å². The van der Waals surface area contributed by atoms with Gasteiger partial charge in [-0.05, 0) is 6.42 Å². The Morgan fingerprint density at radius 2 is 2.50 bits per heavy atom. The van der Waals surface area contributed by atoms with E-state index in [1.165, 1.54) is 0 Å². The van der Waals surface area contributed by atoms with E-state index in [1.807, 2.05) is 12.5 Å². The second kappa shape index (κ2) is 1.75. The van der Waals surface area contributed by atoms with Gasteiger partial charge in [0.25, 0.3) is 0 Å². The molecule has 0 bridgehead atoms. The number of rotatable bonds is 0. The zero-order valence-corrected chi connectivity index (χ0v) is 3.46. The summed E-state index contributed by atoms with van der Waals surface area (Å²) in [6, 6.07) is 0. The fourth-order valence-corrected chi connectivity index (χ4v) is 0.372. The maximum Gasteiger partial charge on any atom is 0.0224 e. The zero-order chi connectivity index (χ0) is 4.24. The summed E-state index contributed by atoms with van der Waals surface area (Å²) in [5.74, 6) is 0. The van der Waals surface area contributed by atoms with Crippen LogP contribution >= 0.6 is 0 Å². The van der Waals surface area contributed by atoms with Crippen LogP contribution < -0.4 is 0 Å². The minimum absolute atomic E-state index is 1.05. The molecule has 1 aliphatic heterocycles. The molecule has 0 N–H and O–H groups in total. The van der Waals surface area contributed by atoms with Gasteiger partial charge in [0.15, 0.2) is 0 Å². The van der Waals surface area contributed by atoms with Crippen LogP contribution in [0.15, 0.2) is 17.3 Å². The predicted octanol–water partition coefficient (Wildman–Crippen LogP) is 1.18. The minimum atomic E-state index is 1.05. The van der Waals surface area contributed by atoms with Gasteiger partial charge in [0.1, 0.15) is 0 Å². The van der Waals surface area contributed by atoms with Crippen LogP contribution in [0.2, 0.25) is 0 Å². The summed E-state index contributed by atoms with van der Waals surface area (Å²) in [5.41, 5.74) is 0. The zero-order valence-electron chi connectivity index (χ0n) is 3.46. The van der Waals surface area contributed by atoms with E-state index in [-0.39, 0.29) is 0 Å². The van der Waals surface area contributed by atoms with Crippen LogP contribution in [0.4, 0.5) is 0 Å². The highest BCUT2D eigenvalue weighted by Crippen LogP contribution is 1.91. The number of allylic oxidation sites excluding steroid dienone is 1. The molecule has 0 aromatic rings. The van der Waals surface area contributed by atoms with E-state index >= 15 is 0 Å². The largest absolute Gasteiger partial charge is 0.269 e. The molecule has 0 fully saturated rings. The molecule has 0 saturated heterocycles. The van der Waals surface area contributed by atoms with E-state index in [0.717, 1.165) is 6.42 Å². The van der Waals surface area contributed by atoms with Gasteiger partial charge >= 0.3 is 0 Å². The van der Waals surface area contributed by atoms with Crippen molar-refractivity contribution in [2.45, 2.75) is 6.42 Å². The van der Waals surface area contributed by atoms with Gasteiger partial charge in [-0.25, -0.2) is 0 Å². The molecule has 6 heavy (non-hydrogen) atoms. The molecule has 0 unspecified atom stereocenters. The van der Waals surface area contributed by atoms with Crippen molar-refractivity contribution < 1.29 is 0 Å². The van der Waals surface area contributed by atoms with Crippen molar-refractivity contribution in [3.05, 3.63) is 18.7 Å². The highest BCUT2D eigenvalue weighted by atomic mass is 14.7. The van der Waals surface area contributed by atoms with Crippen LogP contribution in [-0.4, -0.2) is 6.21 Å². The highest BCUT2D eigenvalue weighted by Gasteiger charge is 1.79. The van der Waals surface area contributed by atoms with Crippen LogP contribution in [0.3, 0.4) is 0 Å². The molecule has 1 radical (unpaired) electrons. The fraction of sp³-hybridized carbons (Fsp3) is 0.200. The van der Waals surface area contributed by atoms with Gasteiger partial charge in [0, 0.05) is 18.8 Å². The Hall–Kier alpha value is -0.590. The van der Waals surface area contributed by atoms with Crippen molar-refractivity contribution in [2.75, 3.05) is 0 Å². The molecule has 0 aliphatic carbocycles. The van der Waals surface area contributed by atoms with Crippen LogP contribution in [0.1, 0.15) is 6.42 Å². The van der Waals surface area contributed by atoms with Crippen LogP contribution in [0.5, 0.6) is 0 Å². The lowest BCUT2D eigenvalue weighted by molar-refractivity contribution is 1.28. The molecule has 1 heteroatoms. The Morgan fingerprint density at radius 3 is 2.67 bits per heavy atom. The number of nitrogens with zero attached hydrogens (tertiary/aromatic N) is 1. The molecule has 0 saturated carbocycles. The van der Waals surface area contributed by atoms with Gasteiger partial charge in [-0.1, -0.05) is 6.08 Å². The molecule has 0 aromatic heterocycles. The van der Waals surface area contributed by atoms with Gasteiger partial charge in [-0.2, -0.15) is 0 Å². The molecule has 1 heterocycles. The average molecular weight is 80.1 g/mol. The third-order valence-corrected chi connectivity index (χ3v) is 0.655. The number of hydrogen-bond acceptors (Lipinski definition) is 1. The van der Waals surface area contributed by atoms with E-state index in [9.17, 15) is 0 Å². The molecular formula is C5H6N. The summed E-state index contributed by atoms with van der Waals surface area (Å²) in [5, 5.41) is 0. The number of hydrogen-bond donors (Lipinski definition) is 0. The first kappa shape index (κ1) is 3.59. The maximum absolute atomic E-state index is 3.82. The van der Waals surface area contributed by atoms with Crippen LogP contribution in [0, 0.1) is 6.42 Å². The van der Waals surface area contributed by atoms with Crippen LogP contribution in [0.25, 0.3) is 0 Å². The quantitative estimate of drug-likeness (QED) is 0.414. The summed E-state index contributed by atoms with van der Waals surface area (Å²) in [4.78, 5) is 3.82. The summed E-state index contributed by atoms with van der Waals surface area (Å²) in [6.07, 6.45) is 8.68. The lowest BCUT2D eigenvalue weighted by Crippen LogP contribution is -1.77. The van der Waals surface area contributed by atoms with E-state index in [0.29, 0.717) is 0 Å². The van der Waals surface area contributed by atoms with Crippen molar-refractivity contribution in [3.63, 3.8) is 0 Å². The van der Waals surface area contributed by atoms with Crippen molar-refractivity contribution >= 4 is 6.21 Å². The standard InChI is InChI=1S/C5H6N/c1-2-4-6-5-3-1/h2-5H,1H2. The molecular weight excluding hydrogens is 74.1 g/mol. The van der Waals surface area contributed by atoms with Gasteiger partial charge in [-0.3, -0.25) is 4.99 Å². The predicted molar refractivity (Wildman–Crippen MR) is 26.5 cm³/mol. The fourth-order valence-electron chi connectivity index (χ4n) is 0.372. The Balaban J connectivity index is 2.46. The van der Waals surface area contributed by atoms with Crippen molar-refractivity contribution in [1.29, 1.82) is 0 Å². The number of aliphatic imine (C=N–C) groups is 1. The molecule has 0 spiro atoms. The molecule has 31 valence electrons. The van der Waals surface area contributed by atoms with Gasteiger partial charge in [-0.15, -0.1) is 0 Å². The van der Waals surface area contributed by atoms with Gasteiger partial charge in [0.2, 0.25) is 0 Å². The molecule has 1 rings (SSSR count). The van der Waals surface area contributed by atoms with E-state index in [4.69, 9.17) is 0 Å². The first-order chi connectivity index (χ1) is 3.00. The summed E-state index contributed by atoms with van der Waals surface area (Å²) < 4.78 is 0. The Kier molecular flexibility index (Phi) is 1.05. The lowest BCUT2D eigenvalue weighted by atomic mass is 10.3. The van der Waals surface area contributed by atoms with Crippen molar-refractivity contribution in [2.24, 2.45) is 4.99 Å². The smallest absolute Gasteiger partial charge is 0.0224 e. The van der Waals surface area contributed by atoms with Crippen molar-refractivity contribution in [3.8, 4) is 0 Å². The summed E-state index contributed by atoms with van der Waals surface area (Å²) >= 11 is 0. The van der Waals surface area contributed by atoms with Gasteiger partial charge in [0.05, 0.1) is 0 Å². The topological polar surface area (TPSA) is 12.4 Å². The lowest BCUT2D eigenvalue weighted by Gasteiger charge is -1.87. The second-order valence-corrected chi connectivity index (χ2v) is 1.15. The summed E-state index contributed by atoms with van der Waals surface area (Å²) in [7, 11) is 0.